The van der Waals surface area contributed by atoms with E-state index >= 15 is 0 Å². The molecule has 0 radical (unpaired) electrons. The van der Waals surface area contributed by atoms with E-state index < -0.39 is 0 Å². The normalized spacial score (nSPS) is 33.3. The number of ketones is 1. The van der Waals surface area contributed by atoms with Gasteiger partial charge < -0.3 is 0 Å². The van der Waals surface area contributed by atoms with Crippen molar-refractivity contribution < 1.29 is 4.79 Å². The summed E-state index contributed by atoms with van der Waals surface area (Å²) >= 11 is 0. The van der Waals surface area contributed by atoms with Gasteiger partial charge in [-0.05, 0) is 40.5 Å². The number of hydrogen-bond acceptors (Lipinski definition) is 4. The van der Waals surface area contributed by atoms with E-state index in [0.717, 1.165) is 16.7 Å². The Kier molecular flexibility index (Phi) is 1.71. The summed E-state index contributed by atoms with van der Waals surface area (Å²) < 4.78 is 0. The first-order valence-electron chi connectivity index (χ1n) is 5.67. The first kappa shape index (κ1) is 9.30. The van der Waals surface area contributed by atoms with Crippen molar-refractivity contribution in [2.45, 2.75) is 12.1 Å². The topological polar surface area (TPSA) is 53.2 Å². The molecule has 2 unspecified atom stereocenters. The molecule has 3 aliphatic carbocycles. The average Bonchev–Trinajstić information content (AvgIpc) is 2.91. The van der Waals surface area contributed by atoms with Crippen LogP contribution < -0.4 is 16.4 Å². The molecule has 1 aliphatic heterocycles. The van der Waals surface area contributed by atoms with Gasteiger partial charge in [0.2, 0.25) is 0 Å². The third-order valence-electron chi connectivity index (χ3n) is 3.57. The predicted octanol–water partition coefficient (Wildman–Crippen LogP) is 0.208. The Hall–Kier alpha value is -1.75. The third kappa shape index (κ3) is 1.20. The maximum atomic E-state index is 11.4. The lowest BCUT2D eigenvalue weighted by atomic mass is 9.89. The molecule has 0 spiro atoms. The lowest BCUT2D eigenvalue weighted by molar-refractivity contribution is -0.110. The molecule has 0 bridgehead atoms. The number of carbonyl (C=O) groups excluding carboxylic acids is 1. The van der Waals surface area contributed by atoms with Crippen LogP contribution in [-0.2, 0) is 4.79 Å². The monoisotopic (exact) mass is 225 g/mol. The first-order valence-corrected chi connectivity index (χ1v) is 5.67. The quantitative estimate of drug-likeness (QED) is 0.551. The fourth-order valence-corrected chi connectivity index (χ4v) is 2.74. The van der Waals surface area contributed by atoms with Gasteiger partial charge in [0.1, 0.15) is 0 Å². The van der Waals surface area contributed by atoms with Gasteiger partial charge in [0.15, 0.2) is 5.78 Å². The van der Waals surface area contributed by atoms with Crippen LogP contribution in [-0.4, -0.2) is 17.9 Å². The van der Waals surface area contributed by atoms with Crippen LogP contribution in [0.2, 0.25) is 0 Å². The van der Waals surface area contributed by atoms with Gasteiger partial charge in [-0.1, -0.05) is 18.2 Å². The minimum atomic E-state index is 0.0667. The van der Waals surface area contributed by atoms with Crippen molar-refractivity contribution in [2.24, 2.45) is 0 Å². The smallest absolute Gasteiger partial charge is 0.179 e. The minimum absolute atomic E-state index is 0.0667. The van der Waals surface area contributed by atoms with Crippen molar-refractivity contribution in [3.05, 3.63) is 58.7 Å². The third-order valence-corrected chi connectivity index (χ3v) is 3.57. The zero-order chi connectivity index (χ0) is 11.4. The fraction of sp³-hybridized carbons (Fsp3) is 0.154. The highest BCUT2D eigenvalue weighted by atomic mass is 16.1. The lowest BCUT2D eigenvalue weighted by Crippen LogP contribution is -2.35. The molecule has 0 aromatic heterocycles. The molecule has 4 heteroatoms. The summed E-state index contributed by atoms with van der Waals surface area (Å²) in [6.45, 7) is 0. The Labute approximate surface area is 98.4 Å². The van der Waals surface area contributed by atoms with E-state index in [1.54, 1.807) is 12.2 Å². The highest BCUT2D eigenvalue weighted by molar-refractivity contribution is 6.04. The molecule has 0 saturated carbocycles. The van der Waals surface area contributed by atoms with Gasteiger partial charge in [0, 0.05) is 0 Å². The Morgan fingerprint density at radius 1 is 1.06 bits per heavy atom. The predicted molar refractivity (Wildman–Crippen MR) is 63.5 cm³/mol. The molecule has 0 aromatic rings. The summed E-state index contributed by atoms with van der Waals surface area (Å²) in [5.74, 6) is 0.0667. The van der Waals surface area contributed by atoms with Gasteiger partial charge in [-0.3, -0.25) is 4.79 Å². The van der Waals surface area contributed by atoms with Crippen LogP contribution in [0, 0.1) is 0 Å². The second-order valence-corrected chi connectivity index (χ2v) is 4.54. The van der Waals surface area contributed by atoms with E-state index in [9.17, 15) is 4.79 Å². The van der Waals surface area contributed by atoms with E-state index in [2.05, 4.69) is 34.6 Å². The van der Waals surface area contributed by atoms with Crippen LogP contribution in [0.5, 0.6) is 0 Å². The molecular weight excluding hydrogens is 214 g/mol. The lowest BCUT2D eigenvalue weighted by Gasteiger charge is -2.21. The van der Waals surface area contributed by atoms with Crippen LogP contribution in [0.4, 0.5) is 0 Å². The maximum absolute atomic E-state index is 11.4. The summed E-state index contributed by atoms with van der Waals surface area (Å²) in [7, 11) is 0. The van der Waals surface area contributed by atoms with Crippen LogP contribution in [0.15, 0.2) is 58.7 Å². The average molecular weight is 225 g/mol. The molecule has 1 heterocycles. The zero-order valence-corrected chi connectivity index (χ0v) is 9.03. The Morgan fingerprint density at radius 3 is 2.94 bits per heavy atom. The van der Waals surface area contributed by atoms with Gasteiger partial charge in [-0.25, -0.2) is 10.9 Å². The molecule has 4 aliphatic rings. The van der Waals surface area contributed by atoms with Crippen LogP contribution in [0.1, 0.15) is 0 Å². The molecule has 4 rings (SSSR count). The summed E-state index contributed by atoms with van der Waals surface area (Å²) in [4.78, 5) is 11.4. The summed E-state index contributed by atoms with van der Waals surface area (Å²) in [5, 5.41) is 0. The largest absolute Gasteiger partial charge is 0.290 e. The molecule has 1 fully saturated rings. The molecule has 0 amide bonds. The van der Waals surface area contributed by atoms with Crippen molar-refractivity contribution in [2.75, 3.05) is 0 Å². The van der Waals surface area contributed by atoms with E-state index in [-0.39, 0.29) is 17.9 Å². The van der Waals surface area contributed by atoms with Crippen LogP contribution in [0.25, 0.3) is 0 Å². The summed E-state index contributed by atoms with van der Waals surface area (Å²) in [5.41, 5.74) is 13.9. The van der Waals surface area contributed by atoms with Gasteiger partial charge in [0.05, 0.1) is 12.1 Å². The van der Waals surface area contributed by atoms with Gasteiger partial charge >= 0.3 is 0 Å². The molecule has 3 N–H and O–H groups in total. The van der Waals surface area contributed by atoms with Crippen molar-refractivity contribution in [3.63, 3.8) is 0 Å². The molecule has 0 aromatic carbocycles. The molecular formula is C13H11N3O. The van der Waals surface area contributed by atoms with Crippen molar-refractivity contribution >= 4 is 5.78 Å². The van der Waals surface area contributed by atoms with E-state index in [0.29, 0.717) is 0 Å². The molecule has 1 saturated heterocycles. The number of rotatable bonds is 0. The molecule has 2 atom stereocenters. The second kappa shape index (κ2) is 3.13. The van der Waals surface area contributed by atoms with E-state index in [4.69, 9.17) is 0 Å². The number of hydrogen-bond donors (Lipinski definition) is 3. The SMILES string of the molecule is O=C1C=CC2=CC3=C(C=CC4NNNC34)C2=C1. The molecule has 4 nitrogen and oxygen atoms in total. The first-order chi connectivity index (χ1) is 8.33. The van der Waals surface area contributed by atoms with Crippen molar-refractivity contribution in [1.29, 1.82) is 0 Å². The van der Waals surface area contributed by atoms with Gasteiger partial charge in [-0.2, -0.15) is 5.53 Å². The van der Waals surface area contributed by atoms with Crippen molar-refractivity contribution in [1.82, 2.24) is 16.4 Å². The molecule has 84 valence electrons. The highest BCUT2D eigenvalue weighted by Gasteiger charge is 2.35. The Bertz CT molecular complexity index is 577. The fourth-order valence-electron chi connectivity index (χ4n) is 2.74. The number of allylic oxidation sites excluding steroid dienone is 7. The summed E-state index contributed by atoms with van der Waals surface area (Å²) in [6.07, 6.45) is 11.6. The van der Waals surface area contributed by atoms with Gasteiger partial charge in [0.25, 0.3) is 0 Å². The minimum Gasteiger partial charge on any atom is -0.290 e. The number of fused-ring (bicyclic) bond motifs is 4. The van der Waals surface area contributed by atoms with E-state index in [1.807, 2.05) is 6.08 Å². The van der Waals surface area contributed by atoms with E-state index in [1.165, 1.54) is 5.57 Å². The number of hydrazine groups is 2. The zero-order valence-electron chi connectivity index (χ0n) is 9.03. The number of carbonyl (C=O) groups is 1. The maximum Gasteiger partial charge on any atom is 0.179 e. The second-order valence-electron chi connectivity index (χ2n) is 4.54. The van der Waals surface area contributed by atoms with Crippen LogP contribution in [0.3, 0.4) is 0 Å². The Morgan fingerprint density at radius 2 is 2.00 bits per heavy atom. The number of nitrogens with one attached hydrogen (secondary N) is 3. The Balaban J connectivity index is 1.86. The molecule has 17 heavy (non-hydrogen) atoms. The standard InChI is InChI=1S/C13H11N3O/c17-8-2-1-7-5-11-9(10(7)6-8)3-4-12-13(11)15-16-14-12/h1-6,12-16H. The van der Waals surface area contributed by atoms with Crippen molar-refractivity contribution in [3.8, 4) is 0 Å². The van der Waals surface area contributed by atoms with Gasteiger partial charge in [-0.15, -0.1) is 0 Å². The summed E-state index contributed by atoms with van der Waals surface area (Å²) in [6, 6.07) is 0.503. The highest BCUT2D eigenvalue weighted by Crippen LogP contribution is 2.39. The van der Waals surface area contributed by atoms with Crippen LogP contribution >= 0.6 is 0 Å².